The van der Waals surface area contributed by atoms with E-state index in [-0.39, 0.29) is 61.8 Å². The fraction of sp³-hybridized carbons (Fsp3) is 0.536. The van der Waals surface area contributed by atoms with Crippen molar-refractivity contribution >= 4 is 43.2 Å². The van der Waals surface area contributed by atoms with Gasteiger partial charge in [0.25, 0.3) is 0 Å². The van der Waals surface area contributed by atoms with Gasteiger partial charge in [-0.05, 0) is 43.7 Å². The van der Waals surface area contributed by atoms with Crippen LogP contribution in [0, 0.1) is 0 Å². The standard InChI is InChI=1S/C28H34N4O5.3ClH/c29-20-12-13-31(15-20)24(14-21-23-11-10-18-6-4-5-9-22(18)32(23)17-30-21)27(33)35-16-25-26(37-28(34)36-25)19-7-2-1-3-8-19;;;/h4-6,9,17,19-20,24H,1-3,7-8,10-16,29H2;3*1H/t20-,24-;;;/m0.../s1. The van der Waals surface area contributed by atoms with Gasteiger partial charge < -0.3 is 23.9 Å². The topological polar surface area (TPSA) is 117 Å². The predicted molar refractivity (Wildman–Crippen MR) is 157 cm³/mol. The predicted octanol–water partition coefficient (Wildman–Crippen LogP) is 4.52. The third-order valence-corrected chi connectivity index (χ3v) is 8.19. The Morgan fingerprint density at radius 2 is 1.85 bits per heavy atom. The highest BCUT2D eigenvalue weighted by Crippen LogP contribution is 2.34. The maximum Gasteiger partial charge on any atom is 0.519 e. The average molecular weight is 616 g/mol. The van der Waals surface area contributed by atoms with Crippen LogP contribution in [0.5, 0.6) is 0 Å². The Bertz CT molecular complexity index is 1330. The zero-order valence-electron chi connectivity index (χ0n) is 22.3. The smallest absolute Gasteiger partial charge is 0.456 e. The highest BCUT2D eigenvalue weighted by Gasteiger charge is 2.35. The zero-order valence-corrected chi connectivity index (χ0v) is 24.7. The number of likely N-dealkylation sites (tertiary alicyclic amines) is 1. The molecular formula is C28H37Cl3N4O5. The zero-order chi connectivity index (χ0) is 25.4. The molecule has 1 saturated heterocycles. The van der Waals surface area contributed by atoms with Crippen LogP contribution in [0.4, 0.5) is 0 Å². The lowest BCUT2D eigenvalue weighted by Crippen LogP contribution is -2.43. The molecule has 2 aliphatic heterocycles. The first-order chi connectivity index (χ1) is 18.1. The number of rotatable bonds is 7. The average Bonchev–Trinajstić information content (AvgIpc) is 3.64. The van der Waals surface area contributed by atoms with Crippen molar-refractivity contribution in [1.82, 2.24) is 14.5 Å². The van der Waals surface area contributed by atoms with Crippen LogP contribution in [-0.2, 0) is 35.4 Å². The third-order valence-electron chi connectivity index (χ3n) is 8.19. The van der Waals surface area contributed by atoms with Crippen LogP contribution in [0.25, 0.3) is 5.69 Å². The number of benzene rings is 1. The number of carbonyl (C=O) groups is 1. The summed E-state index contributed by atoms with van der Waals surface area (Å²) >= 11 is 0. The molecule has 12 heteroatoms. The molecule has 3 aliphatic rings. The monoisotopic (exact) mass is 614 g/mol. The minimum absolute atomic E-state index is 0. The number of hydrogen-bond acceptors (Lipinski definition) is 8. The van der Waals surface area contributed by atoms with Gasteiger partial charge in [0.15, 0.2) is 18.1 Å². The van der Waals surface area contributed by atoms with E-state index in [0.29, 0.717) is 24.5 Å². The highest BCUT2D eigenvalue weighted by molar-refractivity contribution is 5.86. The van der Waals surface area contributed by atoms with Crippen LogP contribution < -0.4 is 11.6 Å². The van der Waals surface area contributed by atoms with Crippen molar-refractivity contribution < 1.29 is 18.4 Å². The molecule has 1 aliphatic carbocycles. The molecule has 1 aromatic carbocycles. The van der Waals surface area contributed by atoms with Crippen LogP contribution in [0.2, 0.25) is 0 Å². The number of nitrogens with two attached hydrogens (primary N) is 1. The normalized spacial score (nSPS) is 19.4. The molecule has 0 spiro atoms. The van der Waals surface area contributed by atoms with Gasteiger partial charge in [-0.2, -0.15) is 0 Å². The van der Waals surface area contributed by atoms with E-state index < -0.39 is 11.9 Å². The molecule has 1 saturated carbocycles. The highest BCUT2D eigenvalue weighted by atomic mass is 35.5. The van der Waals surface area contributed by atoms with Gasteiger partial charge >= 0.3 is 11.8 Å². The largest absolute Gasteiger partial charge is 0.519 e. The summed E-state index contributed by atoms with van der Waals surface area (Å²) in [6.07, 6.45) is 10.2. The van der Waals surface area contributed by atoms with Gasteiger partial charge in [-0.25, -0.2) is 9.78 Å². The molecule has 9 nitrogen and oxygen atoms in total. The first kappa shape index (κ1) is 32.2. The van der Waals surface area contributed by atoms with E-state index in [1.54, 1.807) is 0 Å². The van der Waals surface area contributed by atoms with Crippen molar-refractivity contribution in [2.45, 2.75) is 82.4 Å². The van der Waals surface area contributed by atoms with E-state index in [9.17, 15) is 9.59 Å². The van der Waals surface area contributed by atoms with Crippen LogP contribution in [0.1, 0.15) is 72.9 Å². The molecule has 4 heterocycles. The third kappa shape index (κ3) is 6.60. The SMILES string of the molecule is Cl.Cl.Cl.N[C@H]1CCN([C@@H](Cc2ncn3c2CCc2ccccc2-3)C(=O)OCc2oc(=O)oc2C2CCCCC2)C1. The number of halogens is 3. The van der Waals surface area contributed by atoms with Crippen LogP contribution in [0.3, 0.4) is 0 Å². The number of carbonyl (C=O) groups excluding carboxylic acids is 1. The Hall–Kier alpha value is -2.30. The maximum absolute atomic E-state index is 13.5. The quantitative estimate of drug-likeness (QED) is 0.386. The van der Waals surface area contributed by atoms with Crippen molar-refractivity contribution in [2.75, 3.05) is 13.1 Å². The fourth-order valence-corrected chi connectivity index (χ4v) is 6.23. The van der Waals surface area contributed by atoms with Crippen molar-refractivity contribution in [2.24, 2.45) is 5.73 Å². The Kier molecular flexibility index (Phi) is 11.3. The number of aryl methyl sites for hydroxylation is 1. The summed E-state index contributed by atoms with van der Waals surface area (Å²) in [5, 5.41) is 0. The van der Waals surface area contributed by atoms with Crippen molar-refractivity contribution in [1.29, 1.82) is 0 Å². The van der Waals surface area contributed by atoms with Gasteiger partial charge in [-0.15, -0.1) is 37.2 Å². The maximum atomic E-state index is 13.5. The lowest BCUT2D eigenvalue weighted by Gasteiger charge is -2.26. The Morgan fingerprint density at radius 1 is 1.07 bits per heavy atom. The number of aromatic nitrogens is 2. The first-order valence-electron chi connectivity index (χ1n) is 13.5. The van der Waals surface area contributed by atoms with Crippen LogP contribution in [-0.4, -0.2) is 45.6 Å². The van der Waals surface area contributed by atoms with Gasteiger partial charge in [-0.3, -0.25) is 9.69 Å². The summed E-state index contributed by atoms with van der Waals surface area (Å²) in [6, 6.07) is 7.88. The second-order valence-electron chi connectivity index (χ2n) is 10.6. The molecule has 40 heavy (non-hydrogen) atoms. The van der Waals surface area contributed by atoms with Crippen molar-refractivity contribution in [3.05, 3.63) is 69.7 Å². The Morgan fingerprint density at radius 3 is 2.60 bits per heavy atom. The molecule has 2 atom stereocenters. The van der Waals surface area contributed by atoms with Crippen LogP contribution in [0.15, 0.2) is 44.2 Å². The number of para-hydroxylation sites is 1. The summed E-state index contributed by atoms with van der Waals surface area (Å²) in [7, 11) is 0. The molecule has 0 unspecified atom stereocenters. The van der Waals surface area contributed by atoms with Gasteiger partial charge in [0.05, 0.1) is 12.0 Å². The van der Waals surface area contributed by atoms with E-state index in [4.69, 9.17) is 24.3 Å². The van der Waals surface area contributed by atoms with Crippen LogP contribution >= 0.6 is 37.2 Å². The second kappa shape index (κ2) is 14.0. The molecule has 2 N–H and O–H groups in total. The number of ether oxygens (including phenoxy) is 1. The summed E-state index contributed by atoms with van der Waals surface area (Å²) in [5.41, 5.74) is 10.7. The molecule has 6 rings (SSSR count). The Labute approximate surface area is 252 Å². The molecule has 0 radical (unpaired) electrons. The van der Waals surface area contributed by atoms with Gasteiger partial charge in [0, 0.05) is 42.9 Å². The lowest BCUT2D eigenvalue weighted by molar-refractivity contribution is -0.151. The number of nitrogens with zero attached hydrogens (tertiary/aromatic N) is 3. The lowest BCUT2D eigenvalue weighted by atomic mass is 9.87. The second-order valence-corrected chi connectivity index (χ2v) is 10.6. The summed E-state index contributed by atoms with van der Waals surface area (Å²) in [4.78, 5) is 32.2. The Balaban J connectivity index is 0.00000147. The number of hydrogen-bond donors (Lipinski definition) is 1. The van der Waals surface area contributed by atoms with E-state index in [0.717, 1.165) is 68.6 Å². The minimum atomic E-state index is -0.737. The fourth-order valence-electron chi connectivity index (χ4n) is 6.23. The van der Waals surface area contributed by atoms with E-state index >= 15 is 0 Å². The minimum Gasteiger partial charge on any atom is -0.456 e. The molecule has 220 valence electrons. The molecule has 2 aromatic heterocycles. The number of esters is 1. The molecule has 0 bridgehead atoms. The molecular weight excluding hydrogens is 579 g/mol. The summed E-state index contributed by atoms with van der Waals surface area (Å²) in [5.74, 6) is -0.0810. The number of imidazole rings is 1. The van der Waals surface area contributed by atoms with E-state index in [1.807, 2.05) is 12.4 Å². The summed E-state index contributed by atoms with van der Waals surface area (Å²) in [6.45, 7) is 1.25. The van der Waals surface area contributed by atoms with Gasteiger partial charge in [-0.1, -0.05) is 37.5 Å². The van der Waals surface area contributed by atoms with Crippen molar-refractivity contribution in [3.8, 4) is 5.69 Å². The molecule has 0 amide bonds. The van der Waals surface area contributed by atoms with Gasteiger partial charge in [0.2, 0.25) is 0 Å². The van der Waals surface area contributed by atoms with E-state index in [2.05, 4.69) is 27.7 Å². The number of fused-ring (bicyclic) bond motifs is 3. The summed E-state index contributed by atoms with van der Waals surface area (Å²) < 4.78 is 18.6. The van der Waals surface area contributed by atoms with Gasteiger partial charge in [0.1, 0.15) is 6.04 Å². The van der Waals surface area contributed by atoms with Crippen molar-refractivity contribution in [3.63, 3.8) is 0 Å². The molecule has 2 fully saturated rings. The first-order valence-corrected chi connectivity index (χ1v) is 13.5. The van der Waals surface area contributed by atoms with E-state index in [1.165, 1.54) is 12.0 Å². The molecule has 3 aromatic rings.